The quantitative estimate of drug-likeness (QED) is 0.312. The molecule has 0 saturated carbocycles. The molecule has 1 saturated heterocycles. The highest BCUT2D eigenvalue weighted by atomic mass is 19.1. The van der Waals surface area contributed by atoms with Crippen LogP contribution in [0.3, 0.4) is 0 Å². The fourth-order valence-corrected chi connectivity index (χ4v) is 4.86. The number of rotatable bonds is 9. The Bertz CT molecular complexity index is 1200. The third kappa shape index (κ3) is 6.79. The minimum atomic E-state index is -0.250. The van der Waals surface area contributed by atoms with Gasteiger partial charge >= 0.3 is 0 Å². The number of hydrogen-bond donors (Lipinski definition) is 1. The first-order valence-electron chi connectivity index (χ1n) is 13.5. The topological polar surface area (TPSA) is 50.3 Å². The van der Waals surface area contributed by atoms with Crippen molar-refractivity contribution in [1.29, 1.82) is 0 Å². The van der Waals surface area contributed by atoms with Crippen molar-refractivity contribution >= 4 is 11.4 Å². The number of benzene rings is 1. The standard InChI is InChI=1S/C31H41FN4O/c1-21(2)17-26-23(4)34-20-27(30(26)36-14-11-31(5,6)12-15-36)29-10-8-24(19-35-29)33-13-16-37-25-9-7-22(3)28(32)18-25/h7-10,18-21,33H,11-17H2,1-6H3. The number of halogens is 1. The van der Waals surface area contributed by atoms with Gasteiger partial charge in [-0.25, -0.2) is 4.39 Å². The van der Waals surface area contributed by atoms with Gasteiger partial charge in [0.2, 0.25) is 0 Å². The van der Waals surface area contributed by atoms with Gasteiger partial charge in [-0.3, -0.25) is 9.97 Å². The lowest BCUT2D eigenvalue weighted by atomic mass is 9.82. The Morgan fingerprint density at radius 1 is 1.05 bits per heavy atom. The van der Waals surface area contributed by atoms with Crippen LogP contribution in [0.5, 0.6) is 5.75 Å². The molecule has 1 aromatic carbocycles. The Hall–Kier alpha value is -3.15. The fourth-order valence-electron chi connectivity index (χ4n) is 4.86. The van der Waals surface area contributed by atoms with Crippen LogP contribution in [0.2, 0.25) is 0 Å². The van der Waals surface area contributed by atoms with Crippen LogP contribution < -0.4 is 15.0 Å². The van der Waals surface area contributed by atoms with Crippen molar-refractivity contribution in [3.05, 3.63) is 65.4 Å². The van der Waals surface area contributed by atoms with E-state index in [0.717, 1.165) is 42.1 Å². The second-order valence-corrected chi connectivity index (χ2v) is 11.5. The number of nitrogens with zero attached hydrogens (tertiary/aromatic N) is 3. The zero-order chi connectivity index (χ0) is 26.6. The van der Waals surface area contributed by atoms with Crippen LogP contribution in [0, 0.1) is 31.0 Å². The molecule has 0 bridgehead atoms. The average Bonchev–Trinajstić information content (AvgIpc) is 2.86. The molecule has 1 aliphatic rings. The molecule has 5 nitrogen and oxygen atoms in total. The maximum atomic E-state index is 13.7. The highest BCUT2D eigenvalue weighted by molar-refractivity contribution is 5.79. The molecule has 198 valence electrons. The Balaban J connectivity index is 1.49. The Morgan fingerprint density at radius 3 is 2.46 bits per heavy atom. The number of nitrogens with one attached hydrogen (secondary N) is 1. The third-order valence-corrected chi connectivity index (χ3v) is 7.29. The third-order valence-electron chi connectivity index (χ3n) is 7.29. The minimum Gasteiger partial charge on any atom is -0.492 e. The zero-order valence-electron chi connectivity index (χ0n) is 23.2. The van der Waals surface area contributed by atoms with E-state index in [-0.39, 0.29) is 5.82 Å². The molecule has 0 spiro atoms. The van der Waals surface area contributed by atoms with Gasteiger partial charge in [0, 0.05) is 43.2 Å². The monoisotopic (exact) mass is 504 g/mol. The number of anilines is 2. The number of piperidine rings is 1. The Kier molecular flexibility index (Phi) is 8.35. The lowest BCUT2D eigenvalue weighted by Crippen LogP contribution is -2.38. The minimum absolute atomic E-state index is 0.250. The fraction of sp³-hybridized carbons (Fsp3) is 0.484. The first-order chi connectivity index (χ1) is 17.6. The largest absolute Gasteiger partial charge is 0.492 e. The second-order valence-electron chi connectivity index (χ2n) is 11.5. The number of pyridine rings is 2. The molecule has 3 heterocycles. The molecular formula is C31H41FN4O. The molecule has 3 aromatic rings. The smallest absolute Gasteiger partial charge is 0.129 e. The van der Waals surface area contributed by atoms with Crippen LogP contribution in [0.1, 0.15) is 57.4 Å². The summed E-state index contributed by atoms with van der Waals surface area (Å²) in [6.07, 6.45) is 7.24. The van der Waals surface area contributed by atoms with E-state index in [1.54, 1.807) is 19.1 Å². The number of aryl methyl sites for hydroxylation is 2. The van der Waals surface area contributed by atoms with Crippen LogP contribution in [-0.4, -0.2) is 36.2 Å². The highest BCUT2D eigenvalue weighted by Gasteiger charge is 2.29. The molecule has 37 heavy (non-hydrogen) atoms. The maximum Gasteiger partial charge on any atom is 0.129 e. The molecule has 0 aliphatic carbocycles. The van der Waals surface area contributed by atoms with Gasteiger partial charge in [-0.15, -0.1) is 0 Å². The summed E-state index contributed by atoms with van der Waals surface area (Å²) in [5.41, 5.74) is 7.75. The Labute approximate surface area is 221 Å². The van der Waals surface area contributed by atoms with E-state index in [1.807, 2.05) is 12.4 Å². The first kappa shape index (κ1) is 26.9. The van der Waals surface area contributed by atoms with E-state index < -0.39 is 0 Å². The number of ether oxygens (including phenoxy) is 1. The normalized spacial score (nSPS) is 15.2. The molecule has 0 radical (unpaired) electrons. The van der Waals surface area contributed by atoms with Crippen molar-refractivity contribution in [2.24, 2.45) is 11.3 Å². The number of hydrogen-bond acceptors (Lipinski definition) is 5. The van der Waals surface area contributed by atoms with Crippen molar-refractivity contribution in [1.82, 2.24) is 9.97 Å². The van der Waals surface area contributed by atoms with E-state index >= 15 is 0 Å². The van der Waals surface area contributed by atoms with Gasteiger partial charge in [0.05, 0.1) is 23.3 Å². The van der Waals surface area contributed by atoms with E-state index in [2.05, 4.69) is 57.0 Å². The van der Waals surface area contributed by atoms with Crippen molar-refractivity contribution in [3.8, 4) is 17.0 Å². The van der Waals surface area contributed by atoms with E-state index in [1.165, 1.54) is 30.2 Å². The summed E-state index contributed by atoms with van der Waals surface area (Å²) >= 11 is 0. The molecule has 0 atom stereocenters. The summed E-state index contributed by atoms with van der Waals surface area (Å²) in [6, 6.07) is 9.07. The molecule has 1 N–H and O–H groups in total. The van der Waals surface area contributed by atoms with Crippen molar-refractivity contribution < 1.29 is 9.13 Å². The molecular weight excluding hydrogens is 463 g/mol. The van der Waals surface area contributed by atoms with Crippen LogP contribution in [0.25, 0.3) is 11.3 Å². The average molecular weight is 505 g/mol. The predicted molar refractivity (Wildman–Crippen MR) is 151 cm³/mol. The van der Waals surface area contributed by atoms with Gasteiger partial charge in [-0.2, -0.15) is 0 Å². The summed E-state index contributed by atoms with van der Waals surface area (Å²) in [5, 5.41) is 3.35. The van der Waals surface area contributed by atoms with Crippen LogP contribution in [0.15, 0.2) is 42.7 Å². The highest BCUT2D eigenvalue weighted by Crippen LogP contribution is 2.40. The predicted octanol–water partition coefficient (Wildman–Crippen LogP) is 7.22. The summed E-state index contributed by atoms with van der Waals surface area (Å²) < 4.78 is 19.4. The summed E-state index contributed by atoms with van der Waals surface area (Å²) in [5.74, 6) is 0.838. The van der Waals surface area contributed by atoms with Gasteiger partial charge in [0.15, 0.2) is 0 Å². The molecule has 1 aliphatic heterocycles. The lowest BCUT2D eigenvalue weighted by molar-refractivity contribution is 0.279. The SMILES string of the molecule is Cc1ccc(OCCNc2ccc(-c3cnc(C)c(CC(C)C)c3N3CCC(C)(C)CC3)nc2)cc1F. The van der Waals surface area contributed by atoms with E-state index in [0.29, 0.717) is 35.8 Å². The van der Waals surface area contributed by atoms with Gasteiger partial charge in [0.25, 0.3) is 0 Å². The zero-order valence-corrected chi connectivity index (χ0v) is 23.2. The molecule has 2 aromatic heterocycles. The maximum absolute atomic E-state index is 13.7. The first-order valence-corrected chi connectivity index (χ1v) is 13.5. The van der Waals surface area contributed by atoms with Gasteiger partial charge in [-0.05, 0) is 73.8 Å². The van der Waals surface area contributed by atoms with E-state index in [4.69, 9.17) is 14.7 Å². The van der Waals surface area contributed by atoms with Gasteiger partial charge in [0.1, 0.15) is 18.2 Å². The summed E-state index contributed by atoms with van der Waals surface area (Å²) in [6.45, 7) is 16.3. The Morgan fingerprint density at radius 2 is 1.81 bits per heavy atom. The van der Waals surface area contributed by atoms with Crippen LogP contribution in [-0.2, 0) is 6.42 Å². The van der Waals surface area contributed by atoms with Crippen molar-refractivity contribution in [2.75, 3.05) is 36.5 Å². The van der Waals surface area contributed by atoms with Crippen LogP contribution in [0.4, 0.5) is 15.8 Å². The molecule has 6 heteroatoms. The molecule has 0 amide bonds. The van der Waals surface area contributed by atoms with Crippen LogP contribution >= 0.6 is 0 Å². The number of aromatic nitrogens is 2. The van der Waals surface area contributed by atoms with E-state index in [9.17, 15) is 4.39 Å². The lowest BCUT2D eigenvalue weighted by Gasteiger charge is -2.40. The molecule has 0 unspecified atom stereocenters. The van der Waals surface area contributed by atoms with Gasteiger partial charge < -0.3 is 15.0 Å². The van der Waals surface area contributed by atoms with Crippen molar-refractivity contribution in [3.63, 3.8) is 0 Å². The second kappa shape index (κ2) is 11.5. The van der Waals surface area contributed by atoms with Gasteiger partial charge in [-0.1, -0.05) is 33.8 Å². The molecule has 1 fully saturated rings. The van der Waals surface area contributed by atoms with Crippen molar-refractivity contribution in [2.45, 2.75) is 60.8 Å². The summed E-state index contributed by atoms with van der Waals surface area (Å²) in [7, 11) is 0. The summed E-state index contributed by atoms with van der Waals surface area (Å²) in [4.78, 5) is 12.2. The molecule has 4 rings (SSSR count).